The number of ether oxygens (including phenoxy) is 1. The second-order valence-corrected chi connectivity index (χ2v) is 6.05. The number of hydrogen-bond acceptors (Lipinski definition) is 2. The van der Waals surface area contributed by atoms with Gasteiger partial charge in [-0.15, -0.1) is 0 Å². The lowest BCUT2D eigenvalue weighted by molar-refractivity contribution is -0.174. The molecule has 0 amide bonds. The molecule has 0 spiro atoms. The Morgan fingerprint density at radius 1 is 1.26 bits per heavy atom. The molecule has 0 radical (unpaired) electrons. The number of hydrogen-bond donors (Lipinski definition) is 1. The van der Waals surface area contributed by atoms with Crippen LogP contribution in [-0.2, 0) is 4.74 Å². The molecule has 0 aromatic rings. The topological polar surface area (TPSA) is 35.2 Å². The van der Waals surface area contributed by atoms with Crippen LogP contribution in [0.2, 0.25) is 0 Å². The van der Waals surface area contributed by atoms with Gasteiger partial charge in [0.1, 0.15) is 6.61 Å². The van der Waals surface area contributed by atoms with Gasteiger partial charge < -0.3 is 10.5 Å². The normalized spacial score (nSPS) is 28.9. The second kappa shape index (κ2) is 7.48. The van der Waals surface area contributed by atoms with E-state index in [0.29, 0.717) is 24.2 Å². The van der Waals surface area contributed by atoms with E-state index < -0.39 is 12.8 Å². The standard InChI is InChI=1S/C14H26F3NO/c1-10(2)11-5-6-13(18)12(8-11)4-3-7-19-9-14(15,16)17/h10-13H,3-9,18H2,1-2H3. The minimum absolute atomic E-state index is 0.176. The molecule has 0 bridgehead atoms. The number of nitrogens with two attached hydrogens (primary N) is 1. The van der Waals surface area contributed by atoms with Crippen molar-refractivity contribution in [3.63, 3.8) is 0 Å². The molecule has 2 N–H and O–H groups in total. The molecule has 1 aliphatic rings. The molecular formula is C14H26F3NO. The lowest BCUT2D eigenvalue weighted by Gasteiger charge is -2.36. The summed E-state index contributed by atoms with van der Waals surface area (Å²) in [6, 6.07) is 0.206. The van der Waals surface area contributed by atoms with Crippen molar-refractivity contribution in [2.24, 2.45) is 23.5 Å². The first-order valence-corrected chi connectivity index (χ1v) is 7.19. The first-order valence-electron chi connectivity index (χ1n) is 7.19. The summed E-state index contributed by atoms with van der Waals surface area (Å²) in [7, 11) is 0. The Morgan fingerprint density at radius 3 is 2.53 bits per heavy atom. The lowest BCUT2D eigenvalue weighted by atomic mass is 9.72. The van der Waals surface area contributed by atoms with Crippen LogP contribution in [0.3, 0.4) is 0 Å². The fraction of sp³-hybridized carbons (Fsp3) is 1.00. The van der Waals surface area contributed by atoms with Crippen molar-refractivity contribution in [1.29, 1.82) is 0 Å². The van der Waals surface area contributed by atoms with Gasteiger partial charge in [-0.1, -0.05) is 13.8 Å². The van der Waals surface area contributed by atoms with Crippen LogP contribution in [0.25, 0.3) is 0 Å². The molecule has 3 unspecified atom stereocenters. The monoisotopic (exact) mass is 281 g/mol. The van der Waals surface area contributed by atoms with Gasteiger partial charge in [0, 0.05) is 12.6 Å². The molecule has 0 aliphatic heterocycles. The van der Waals surface area contributed by atoms with Gasteiger partial charge in [0.25, 0.3) is 0 Å². The van der Waals surface area contributed by atoms with Gasteiger partial charge >= 0.3 is 6.18 Å². The van der Waals surface area contributed by atoms with Gasteiger partial charge in [0.15, 0.2) is 0 Å². The molecule has 2 nitrogen and oxygen atoms in total. The molecule has 19 heavy (non-hydrogen) atoms. The molecule has 0 saturated heterocycles. The summed E-state index contributed by atoms with van der Waals surface area (Å²) in [4.78, 5) is 0. The molecule has 114 valence electrons. The summed E-state index contributed by atoms with van der Waals surface area (Å²) < 4.78 is 40.3. The predicted molar refractivity (Wildman–Crippen MR) is 69.8 cm³/mol. The van der Waals surface area contributed by atoms with Gasteiger partial charge in [0.05, 0.1) is 0 Å². The fourth-order valence-corrected chi connectivity index (χ4v) is 2.90. The highest BCUT2D eigenvalue weighted by atomic mass is 19.4. The Hall–Kier alpha value is -0.290. The third-order valence-electron chi connectivity index (χ3n) is 4.15. The van der Waals surface area contributed by atoms with Crippen molar-refractivity contribution in [2.75, 3.05) is 13.2 Å². The van der Waals surface area contributed by atoms with Gasteiger partial charge in [0.2, 0.25) is 0 Å². The van der Waals surface area contributed by atoms with Crippen LogP contribution in [0.4, 0.5) is 13.2 Å². The smallest absolute Gasteiger partial charge is 0.372 e. The second-order valence-electron chi connectivity index (χ2n) is 6.05. The maximum Gasteiger partial charge on any atom is 0.411 e. The molecule has 0 aromatic heterocycles. The molecule has 1 aliphatic carbocycles. The van der Waals surface area contributed by atoms with E-state index >= 15 is 0 Å². The van der Waals surface area contributed by atoms with E-state index in [2.05, 4.69) is 18.6 Å². The Kier molecular flexibility index (Phi) is 6.60. The Labute approximate surface area is 113 Å². The lowest BCUT2D eigenvalue weighted by Crippen LogP contribution is -2.37. The zero-order chi connectivity index (χ0) is 14.5. The number of alkyl halides is 3. The van der Waals surface area contributed by atoms with Gasteiger partial charge in [-0.25, -0.2) is 0 Å². The minimum atomic E-state index is -4.22. The highest BCUT2D eigenvalue weighted by Crippen LogP contribution is 2.35. The van der Waals surface area contributed by atoms with E-state index in [-0.39, 0.29) is 12.6 Å². The van der Waals surface area contributed by atoms with Crippen molar-refractivity contribution < 1.29 is 17.9 Å². The molecule has 1 saturated carbocycles. The van der Waals surface area contributed by atoms with Crippen LogP contribution in [0.5, 0.6) is 0 Å². The van der Waals surface area contributed by atoms with E-state index in [1.54, 1.807) is 0 Å². The van der Waals surface area contributed by atoms with Gasteiger partial charge in [-0.2, -0.15) is 13.2 Å². The maximum absolute atomic E-state index is 11.9. The summed E-state index contributed by atoms with van der Waals surface area (Å²) in [5.74, 6) is 1.81. The van der Waals surface area contributed by atoms with Crippen molar-refractivity contribution in [1.82, 2.24) is 0 Å². The summed E-state index contributed by atoms with van der Waals surface area (Å²) in [5.41, 5.74) is 6.10. The average Bonchev–Trinajstić information content (AvgIpc) is 2.29. The highest BCUT2D eigenvalue weighted by Gasteiger charge is 2.30. The zero-order valence-electron chi connectivity index (χ0n) is 11.9. The molecule has 0 aromatic carbocycles. The quantitative estimate of drug-likeness (QED) is 0.753. The molecule has 5 heteroatoms. The molecular weight excluding hydrogens is 255 g/mol. The third-order valence-corrected chi connectivity index (χ3v) is 4.15. The van der Waals surface area contributed by atoms with Crippen LogP contribution in [0.15, 0.2) is 0 Å². The van der Waals surface area contributed by atoms with Crippen LogP contribution < -0.4 is 5.73 Å². The summed E-state index contributed by atoms with van der Waals surface area (Å²) in [5, 5.41) is 0. The van der Waals surface area contributed by atoms with Gasteiger partial charge in [-0.05, 0) is 49.9 Å². The third kappa shape index (κ3) is 6.61. The predicted octanol–water partition coefficient (Wildman–Crippen LogP) is 3.75. The van der Waals surface area contributed by atoms with Crippen molar-refractivity contribution >= 4 is 0 Å². The molecule has 1 fully saturated rings. The van der Waals surface area contributed by atoms with Crippen LogP contribution in [0.1, 0.15) is 46.0 Å². The van der Waals surface area contributed by atoms with Crippen LogP contribution in [-0.4, -0.2) is 25.4 Å². The molecule has 1 rings (SSSR count). The van der Waals surface area contributed by atoms with E-state index in [0.717, 1.165) is 19.3 Å². The Bertz CT molecular complexity index is 256. The number of halogens is 3. The van der Waals surface area contributed by atoms with Crippen LogP contribution in [0, 0.1) is 17.8 Å². The average molecular weight is 281 g/mol. The largest absolute Gasteiger partial charge is 0.411 e. The number of rotatable bonds is 6. The van der Waals surface area contributed by atoms with Gasteiger partial charge in [-0.3, -0.25) is 0 Å². The van der Waals surface area contributed by atoms with Crippen molar-refractivity contribution in [3.05, 3.63) is 0 Å². The van der Waals surface area contributed by atoms with Crippen LogP contribution >= 0.6 is 0 Å². The maximum atomic E-state index is 11.9. The Morgan fingerprint density at radius 2 is 1.95 bits per heavy atom. The highest BCUT2D eigenvalue weighted by molar-refractivity contribution is 4.83. The minimum Gasteiger partial charge on any atom is -0.372 e. The van der Waals surface area contributed by atoms with E-state index in [4.69, 9.17) is 5.73 Å². The first-order chi connectivity index (χ1) is 8.79. The zero-order valence-corrected chi connectivity index (χ0v) is 11.9. The first kappa shape index (κ1) is 16.8. The van der Waals surface area contributed by atoms with E-state index in [1.807, 2.05) is 0 Å². The molecule has 0 heterocycles. The summed E-state index contributed by atoms with van der Waals surface area (Å²) >= 11 is 0. The SMILES string of the molecule is CC(C)C1CCC(N)C(CCCOCC(F)(F)F)C1. The summed E-state index contributed by atoms with van der Waals surface area (Å²) in [6.45, 7) is 3.49. The Balaban J connectivity index is 2.20. The van der Waals surface area contributed by atoms with E-state index in [1.165, 1.54) is 6.42 Å². The van der Waals surface area contributed by atoms with E-state index in [9.17, 15) is 13.2 Å². The van der Waals surface area contributed by atoms with Crippen molar-refractivity contribution in [2.45, 2.75) is 58.2 Å². The summed E-state index contributed by atoms with van der Waals surface area (Å²) in [6.07, 6.45) is 0.653. The molecule has 3 atom stereocenters. The van der Waals surface area contributed by atoms with Crippen molar-refractivity contribution in [3.8, 4) is 0 Å². The fourth-order valence-electron chi connectivity index (χ4n) is 2.90.